The average Bonchev–Trinajstić information content (AvgIpc) is 2.38. The number of benzene rings is 1. The summed E-state index contributed by atoms with van der Waals surface area (Å²) in [6.45, 7) is 7.21. The molecule has 0 saturated heterocycles. The van der Waals surface area contributed by atoms with Crippen molar-refractivity contribution in [2.75, 3.05) is 18.5 Å². The van der Waals surface area contributed by atoms with Gasteiger partial charge in [-0.05, 0) is 38.5 Å². The van der Waals surface area contributed by atoms with Crippen LogP contribution in [0.25, 0.3) is 0 Å². The molecule has 1 rings (SSSR count). The van der Waals surface area contributed by atoms with Gasteiger partial charge in [0.1, 0.15) is 0 Å². The molecule has 0 saturated carbocycles. The lowest BCUT2D eigenvalue weighted by atomic mass is 10.2. The second-order valence-electron chi connectivity index (χ2n) is 4.63. The molecule has 0 aliphatic rings. The van der Waals surface area contributed by atoms with Crippen LogP contribution < -0.4 is 10.6 Å². The summed E-state index contributed by atoms with van der Waals surface area (Å²) in [6, 6.07) is 7.96. The normalized spacial score (nSPS) is 10.6. The van der Waals surface area contributed by atoms with E-state index in [4.69, 9.17) is 5.73 Å². The molecule has 1 aromatic rings. The molecule has 0 fully saturated rings. The summed E-state index contributed by atoms with van der Waals surface area (Å²) < 4.78 is 0. The van der Waals surface area contributed by atoms with E-state index in [2.05, 4.69) is 0 Å². The number of hydrogen-bond acceptors (Lipinski definition) is 2. The fourth-order valence-electron chi connectivity index (χ4n) is 1.74. The number of hydrogen-bond donors (Lipinski definition) is 1. The SMILES string of the molecule is CCN(C)C(=O)N(c1ccc(CN)cc1)C(C)C. The van der Waals surface area contributed by atoms with Crippen molar-refractivity contribution in [1.29, 1.82) is 0 Å². The van der Waals surface area contributed by atoms with E-state index in [9.17, 15) is 4.79 Å². The van der Waals surface area contributed by atoms with Gasteiger partial charge in [0.2, 0.25) is 0 Å². The molecule has 18 heavy (non-hydrogen) atoms. The molecule has 0 aliphatic carbocycles. The molecule has 1 aromatic carbocycles. The Morgan fingerprint density at radius 1 is 1.28 bits per heavy atom. The van der Waals surface area contributed by atoms with Gasteiger partial charge in [0.05, 0.1) is 0 Å². The Labute approximate surface area is 109 Å². The lowest BCUT2D eigenvalue weighted by molar-refractivity contribution is 0.216. The number of rotatable bonds is 4. The molecule has 0 aromatic heterocycles. The number of carbonyl (C=O) groups is 1. The van der Waals surface area contributed by atoms with E-state index in [0.717, 1.165) is 11.3 Å². The van der Waals surface area contributed by atoms with Crippen LogP contribution in [0.5, 0.6) is 0 Å². The van der Waals surface area contributed by atoms with E-state index in [-0.39, 0.29) is 12.1 Å². The van der Waals surface area contributed by atoms with Crippen LogP contribution in [-0.4, -0.2) is 30.6 Å². The Hall–Kier alpha value is -1.55. The van der Waals surface area contributed by atoms with Crippen molar-refractivity contribution in [3.05, 3.63) is 29.8 Å². The third kappa shape index (κ3) is 3.23. The Morgan fingerprint density at radius 3 is 2.22 bits per heavy atom. The molecule has 0 radical (unpaired) electrons. The summed E-state index contributed by atoms with van der Waals surface area (Å²) >= 11 is 0. The third-order valence-corrected chi connectivity index (χ3v) is 2.97. The van der Waals surface area contributed by atoms with Crippen LogP contribution in [0.15, 0.2) is 24.3 Å². The van der Waals surface area contributed by atoms with Gasteiger partial charge in [0.25, 0.3) is 0 Å². The van der Waals surface area contributed by atoms with Crippen molar-refractivity contribution in [3.63, 3.8) is 0 Å². The maximum atomic E-state index is 12.3. The minimum absolute atomic E-state index is 0.0213. The van der Waals surface area contributed by atoms with Crippen LogP contribution in [0.3, 0.4) is 0 Å². The molecule has 100 valence electrons. The first kappa shape index (κ1) is 14.5. The highest BCUT2D eigenvalue weighted by molar-refractivity contribution is 5.92. The highest BCUT2D eigenvalue weighted by Gasteiger charge is 2.21. The van der Waals surface area contributed by atoms with Crippen molar-refractivity contribution >= 4 is 11.7 Å². The van der Waals surface area contributed by atoms with Crippen molar-refractivity contribution < 1.29 is 4.79 Å². The molecule has 0 heterocycles. The van der Waals surface area contributed by atoms with E-state index >= 15 is 0 Å². The Morgan fingerprint density at radius 2 is 1.83 bits per heavy atom. The molecule has 4 nitrogen and oxygen atoms in total. The maximum Gasteiger partial charge on any atom is 0.324 e. The molecular formula is C14H23N3O. The fraction of sp³-hybridized carbons (Fsp3) is 0.500. The van der Waals surface area contributed by atoms with Crippen LogP contribution in [0.1, 0.15) is 26.3 Å². The first-order chi connectivity index (χ1) is 8.51. The summed E-state index contributed by atoms with van der Waals surface area (Å²) in [4.78, 5) is 15.8. The van der Waals surface area contributed by atoms with Crippen LogP contribution in [0.4, 0.5) is 10.5 Å². The van der Waals surface area contributed by atoms with Crippen LogP contribution in [-0.2, 0) is 6.54 Å². The summed E-state index contributed by atoms with van der Waals surface area (Å²) in [6.07, 6.45) is 0. The number of nitrogens with zero attached hydrogens (tertiary/aromatic N) is 2. The zero-order valence-electron chi connectivity index (χ0n) is 11.7. The van der Waals surface area contributed by atoms with Gasteiger partial charge in [0, 0.05) is 31.9 Å². The number of urea groups is 1. The third-order valence-electron chi connectivity index (χ3n) is 2.97. The molecule has 2 amide bonds. The number of nitrogens with two attached hydrogens (primary N) is 1. The minimum Gasteiger partial charge on any atom is -0.328 e. The summed E-state index contributed by atoms with van der Waals surface area (Å²) in [5.74, 6) is 0. The van der Waals surface area contributed by atoms with E-state index in [0.29, 0.717) is 13.1 Å². The van der Waals surface area contributed by atoms with Gasteiger partial charge in [-0.15, -0.1) is 0 Å². The zero-order valence-corrected chi connectivity index (χ0v) is 11.7. The molecule has 0 atom stereocenters. The van der Waals surface area contributed by atoms with Gasteiger partial charge in [-0.1, -0.05) is 12.1 Å². The molecular weight excluding hydrogens is 226 g/mol. The van der Waals surface area contributed by atoms with E-state index in [1.54, 1.807) is 9.80 Å². The van der Waals surface area contributed by atoms with Crippen molar-refractivity contribution in [1.82, 2.24) is 4.90 Å². The van der Waals surface area contributed by atoms with Crippen molar-refractivity contribution in [3.8, 4) is 0 Å². The number of carbonyl (C=O) groups excluding carboxylic acids is 1. The van der Waals surface area contributed by atoms with Crippen LogP contribution >= 0.6 is 0 Å². The molecule has 0 unspecified atom stereocenters. The average molecular weight is 249 g/mol. The van der Waals surface area contributed by atoms with Gasteiger partial charge in [0.15, 0.2) is 0 Å². The first-order valence-corrected chi connectivity index (χ1v) is 6.34. The second-order valence-corrected chi connectivity index (χ2v) is 4.63. The van der Waals surface area contributed by atoms with Crippen molar-refractivity contribution in [2.24, 2.45) is 5.73 Å². The summed E-state index contributed by atoms with van der Waals surface area (Å²) in [7, 11) is 1.81. The first-order valence-electron chi connectivity index (χ1n) is 6.34. The minimum atomic E-state index is 0.0213. The van der Waals surface area contributed by atoms with E-state index in [1.807, 2.05) is 52.1 Å². The number of anilines is 1. The predicted molar refractivity (Wildman–Crippen MR) is 75.6 cm³/mol. The smallest absolute Gasteiger partial charge is 0.324 e. The quantitative estimate of drug-likeness (QED) is 0.891. The molecule has 2 N–H and O–H groups in total. The molecule has 0 spiro atoms. The zero-order chi connectivity index (χ0) is 13.7. The van der Waals surface area contributed by atoms with E-state index in [1.165, 1.54) is 0 Å². The Balaban J connectivity index is 3.00. The largest absolute Gasteiger partial charge is 0.328 e. The molecule has 0 bridgehead atoms. The predicted octanol–water partition coefficient (Wildman–Crippen LogP) is 2.43. The summed E-state index contributed by atoms with van der Waals surface area (Å²) in [5.41, 5.74) is 7.55. The van der Waals surface area contributed by atoms with Gasteiger partial charge in [-0.3, -0.25) is 4.90 Å². The molecule has 0 aliphatic heterocycles. The number of amides is 2. The van der Waals surface area contributed by atoms with Crippen molar-refractivity contribution in [2.45, 2.75) is 33.4 Å². The van der Waals surface area contributed by atoms with E-state index < -0.39 is 0 Å². The maximum absolute atomic E-state index is 12.3. The topological polar surface area (TPSA) is 49.6 Å². The highest BCUT2D eigenvalue weighted by atomic mass is 16.2. The van der Waals surface area contributed by atoms with Gasteiger partial charge >= 0.3 is 6.03 Å². The van der Waals surface area contributed by atoms with Crippen LogP contribution in [0.2, 0.25) is 0 Å². The molecule has 4 heteroatoms. The Bertz CT molecular complexity index is 387. The highest BCUT2D eigenvalue weighted by Crippen LogP contribution is 2.19. The monoisotopic (exact) mass is 249 g/mol. The second kappa shape index (κ2) is 6.40. The van der Waals surface area contributed by atoms with Gasteiger partial charge in [-0.25, -0.2) is 4.79 Å². The fourth-order valence-corrected chi connectivity index (χ4v) is 1.74. The lowest BCUT2D eigenvalue weighted by Gasteiger charge is -2.31. The Kier molecular flexibility index (Phi) is 5.16. The standard InChI is InChI=1S/C14H23N3O/c1-5-16(4)14(18)17(11(2)3)13-8-6-12(10-15)7-9-13/h6-9,11H,5,10,15H2,1-4H3. The van der Waals surface area contributed by atoms with Gasteiger partial charge < -0.3 is 10.6 Å². The van der Waals surface area contributed by atoms with Crippen LogP contribution in [0, 0.1) is 0 Å². The lowest BCUT2D eigenvalue weighted by Crippen LogP contribution is -2.45. The van der Waals surface area contributed by atoms with Gasteiger partial charge in [-0.2, -0.15) is 0 Å². The summed E-state index contributed by atoms with van der Waals surface area (Å²) in [5, 5.41) is 0.